The predicted octanol–water partition coefficient (Wildman–Crippen LogP) is 12.3. The zero-order chi connectivity index (χ0) is 69.6. The Balaban J connectivity index is 1.33. The Kier molecular flexibility index (Phi) is 53.8. The van der Waals surface area contributed by atoms with Crippen LogP contribution in [-0.4, -0.2) is 193 Å². The molecule has 19 nitrogen and oxygen atoms in total. The fourth-order valence-corrected chi connectivity index (χ4v) is 13.3. The number of aliphatic hydroxyl groups excluding tert-OH is 11. The minimum Gasteiger partial charge on any atom is -0.394 e. The van der Waals surface area contributed by atoms with Crippen molar-refractivity contribution >= 4 is 5.91 Å². The summed E-state index contributed by atoms with van der Waals surface area (Å²) in [5, 5.41) is 121. The molecule has 0 aromatic rings. The van der Waals surface area contributed by atoms with Crippen molar-refractivity contribution in [2.45, 2.75) is 420 Å². The van der Waals surface area contributed by atoms with Gasteiger partial charge in [-0.25, -0.2) is 0 Å². The predicted molar refractivity (Wildman–Crippen MR) is 379 cm³/mol. The molecular weight excluding hydrogens is 1230 g/mol. The number of hydrogen-bond acceptors (Lipinski definition) is 18. The SMILES string of the molecule is CCCCCCC/C=C\C/C=C\CCCCCCCCCCCCCCCCCCCCCCCCCC(=O)NC(COC1OC(CO)C(OC2OC(CO)C(OC3OC(CO)C(O)C(O)C3O)C(O)C2O)C(O)C1O)C(O)/C=C/CCCCCCCCCCCCCCCC. The van der Waals surface area contributed by atoms with Gasteiger partial charge in [0.1, 0.15) is 73.2 Å². The van der Waals surface area contributed by atoms with Crippen molar-refractivity contribution in [3.8, 4) is 0 Å². The lowest BCUT2D eigenvalue weighted by atomic mass is 9.96. The highest BCUT2D eigenvalue weighted by Gasteiger charge is 2.53. The molecule has 0 aromatic heterocycles. The normalized spacial score (nSPS) is 27.2. The van der Waals surface area contributed by atoms with Gasteiger partial charge < -0.3 is 89.9 Å². The average Bonchev–Trinajstić information content (AvgIpc) is 0.798. The van der Waals surface area contributed by atoms with Crippen molar-refractivity contribution < 1.29 is 89.4 Å². The maximum Gasteiger partial charge on any atom is 0.220 e. The summed E-state index contributed by atoms with van der Waals surface area (Å²) in [5.41, 5.74) is 0. The Morgan fingerprint density at radius 2 is 0.688 bits per heavy atom. The summed E-state index contributed by atoms with van der Waals surface area (Å²) >= 11 is 0. The number of hydrogen-bond donors (Lipinski definition) is 12. The Morgan fingerprint density at radius 1 is 0.375 bits per heavy atom. The van der Waals surface area contributed by atoms with Crippen LogP contribution in [0.1, 0.15) is 316 Å². The topological polar surface area (TPSA) is 307 Å². The number of allylic oxidation sites excluding steroid dienone is 5. The Bertz CT molecular complexity index is 1880. The summed E-state index contributed by atoms with van der Waals surface area (Å²) in [6.07, 6.45) is 44.3. The molecular formula is C77H143NO18. The van der Waals surface area contributed by atoms with Crippen molar-refractivity contribution in [3.05, 3.63) is 36.5 Å². The summed E-state index contributed by atoms with van der Waals surface area (Å²) < 4.78 is 34.4. The number of aliphatic hydroxyl groups is 11. The summed E-state index contributed by atoms with van der Waals surface area (Å²) in [7, 11) is 0. The molecule has 1 amide bonds. The lowest BCUT2D eigenvalue weighted by Gasteiger charge is -2.48. The summed E-state index contributed by atoms with van der Waals surface area (Å²) in [5.74, 6) is -0.270. The van der Waals surface area contributed by atoms with Gasteiger partial charge in [-0.3, -0.25) is 4.79 Å². The molecule has 3 rings (SSSR count). The van der Waals surface area contributed by atoms with Crippen molar-refractivity contribution in [2.75, 3.05) is 26.4 Å². The van der Waals surface area contributed by atoms with E-state index in [1.165, 1.54) is 238 Å². The summed E-state index contributed by atoms with van der Waals surface area (Å²) in [6.45, 7) is 1.76. The molecule has 19 heteroatoms. The fourth-order valence-electron chi connectivity index (χ4n) is 13.3. The minimum absolute atomic E-state index is 0.247. The number of rotatable bonds is 62. The second-order valence-corrected chi connectivity index (χ2v) is 28.2. The van der Waals surface area contributed by atoms with E-state index in [-0.39, 0.29) is 18.9 Å². The van der Waals surface area contributed by atoms with Crippen LogP contribution in [0.25, 0.3) is 0 Å². The molecule has 3 saturated heterocycles. The van der Waals surface area contributed by atoms with Crippen molar-refractivity contribution in [1.29, 1.82) is 0 Å². The van der Waals surface area contributed by atoms with Crippen LogP contribution in [0.4, 0.5) is 0 Å². The van der Waals surface area contributed by atoms with Crippen molar-refractivity contribution in [2.24, 2.45) is 0 Å². The van der Waals surface area contributed by atoms with Crippen LogP contribution in [-0.2, 0) is 33.2 Å². The van der Waals surface area contributed by atoms with E-state index in [1.54, 1.807) is 6.08 Å². The van der Waals surface area contributed by atoms with E-state index in [2.05, 4.69) is 43.5 Å². The number of amides is 1. The lowest BCUT2D eigenvalue weighted by Crippen LogP contribution is -2.66. The molecule has 0 aliphatic carbocycles. The molecule has 17 atom stereocenters. The zero-order valence-electron chi connectivity index (χ0n) is 60.1. The molecule has 3 aliphatic heterocycles. The average molecular weight is 1370 g/mol. The maximum atomic E-state index is 13.4. The van der Waals surface area contributed by atoms with Gasteiger partial charge in [0.15, 0.2) is 18.9 Å². The molecule has 3 fully saturated rings. The first-order chi connectivity index (χ1) is 46.8. The highest BCUT2D eigenvalue weighted by Crippen LogP contribution is 2.33. The molecule has 3 heterocycles. The van der Waals surface area contributed by atoms with E-state index < -0.39 is 124 Å². The van der Waals surface area contributed by atoms with Gasteiger partial charge >= 0.3 is 0 Å². The third-order valence-electron chi connectivity index (χ3n) is 19.7. The molecule has 564 valence electrons. The fraction of sp³-hybridized carbons (Fsp3) is 0.909. The van der Waals surface area contributed by atoms with E-state index in [4.69, 9.17) is 28.4 Å². The van der Waals surface area contributed by atoms with E-state index in [0.29, 0.717) is 6.42 Å². The van der Waals surface area contributed by atoms with Crippen LogP contribution in [0.5, 0.6) is 0 Å². The highest BCUT2D eigenvalue weighted by molar-refractivity contribution is 5.76. The quantitative estimate of drug-likeness (QED) is 0.0199. The standard InChI is InChI=1S/C77H143NO18/c1-3-5-7-9-11-13-15-17-19-21-22-23-24-25-26-27-28-29-30-31-32-33-34-35-36-37-38-39-41-43-45-47-49-51-53-55-65(83)78-60(61(82)54-52-50-48-46-44-42-40-20-18-16-14-12-10-8-6-4-2)59-91-75-71(89)68(86)73(63(57-80)93-75)96-77-72(90)69(87)74(64(58-81)94-77)95-76-70(88)67(85)66(84)62(56-79)92-76/h15,17,21-22,52,54,60-64,66-77,79-82,84-90H,3-14,16,18-20,23-51,53,55-59H2,1-2H3,(H,78,83)/b17-15-,22-21-,54-52+. The first-order valence-corrected chi connectivity index (χ1v) is 39.2. The molecule has 12 N–H and O–H groups in total. The van der Waals surface area contributed by atoms with Gasteiger partial charge in [0, 0.05) is 6.42 Å². The van der Waals surface area contributed by atoms with Gasteiger partial charge in [0.05, 0.1) is 38.6 Å². The molecule has 0 radical (unpaired) electrons. The Hall–Kier alpha value is -1.99. The van der Waals surface area contributed by atoms with Gasteiger partial charge in [-0.05, 0) is 51.4 Å². The molecule has 0 saturated carbocycles. The molecule has 0 aromatic carbocycles. The number of unbranched alkanes of at least 4 members (excludes halogenated alkanes) is 42. The molecule has 3 aliphatic rings. The molecule has 0 spiro atoms. The van der Waals surface area contributed by atoms with E-state index in [1.807, 2.05) is 6.08 Å². The smallest absolute Gasteiger partial charge is 0.220 e. The van der Waals surface area contributed by atoms with Crippen LogP contribution >= 0.6 is 0 Å². The van der Waals surface area contributed by atoms with Crippen molar-refractivity contribution in [3.63, 3.8) is 0 Å². The second kappa shape index (κ2) is 58.5. The van der Waals surface area contributed by atoms with Crippen LogP contribution in [0.2, 0.25) is 0 Å². The van der Waals surface area contributed by atoms with Gasteiger partial charge in [-0.15, -0.1) is 0 Å². The number of carbonyl (C=O) groups is 1. The third kappa shape index (κ3) is 38.9. The molecule has 0 bridgehead atoms. The van der Waals surface area contributed by atoms with E-state index >= 15 is 0 Å². The first-order valence-electron chi connectivity index (χ1n) is 39.2. The van der Waals surface area contributed by atoms with Gasteiger partial charge in [-0.1, -0.05) is 294 Å². The van der Waals surface area contributed by atoms with Gasteiger partial charge in [0.2, 0.25) is 5.91 Å². The largest absolute Gasteiger partial charge is 0.394 e. The van der Waals surface area contributed by atoms with Gasteiger partial charge in [-0.2, -0.15) is 0 Å². The van der Waals surface area contributed by atoms with E-state index in [0.717, 1.165) is 51.4 Å². The first kappa shape index (κ1) is 88.2. The maximum absolute atomic E-state index is 13.4. The van der Waals surface area contributed by atoms with Crippen molar-refractivity contribution in [1.82, 2.24) is 5.32 Å². The van der Waals surface area contributed by atoms with Crippen LogP contribution in [0.15, 0.2) is 36.5 Å². The number of ether oxygens (including phenoxy) is 6. The monoisotopic (exact) mass is 1370 g/mol. The second-order valence-electron chi connectivity index (χ2n) is 28.2. The highest BCUT2D eigenvalue weighted by atomic mass is 16.8. The molecule has 17 unspecified atom stereocenters. The lowest BCUT2D eigenvalue weighted by molar-refractivity contribution is -0.379. The Labute approximate surface area is 581 Å². The zero-order valence-corrected chi connectivity index (χ0v) is 60.1. The molecule has 96 heavy (non-hydrogen) atoms. The van der Waals surface area contributed by atoms with E-state index in [9.17, 15) is 61.0 Å². The number of carbonyl (C=O) groups excluding carboxylic acids is 1. The number of nitrogens with one attached hydrogen (secondary N) is 1. The Morgan fingerprint density at radius 3 is 1.06 bits per heavy atom. The third-order valence-corrected chi connectivity index (χ3v) is 19.7. The van der Waals surface area contributed by atoms with Crippen LogP contribution in [0.3, 0.4) is 0 Å². The van der Waals surface area contributed by atoms with Crippen LogP contribution < -0.4 is 5.32 Å². The summed E-state index contributed by atoms with van der Waals surface area (Å²) in [6, 6.07) is -0.971. The van der Waals surface area contributed by atoms with Gasteiger partial charge in [0.25, 0.3) is 0 Å². The minimum atomic E-state index is -1.98. The van der Waals surface area contributed by atoms with Crippen LogP contribution in [0, 0.1) is 0 Å². The summed E-state index contributed by atoms with van der Waals surface area (Å²) in [4.78, 5) is 13.4.